The van der Waals surface area contributed by atoms with E-state index in [1.807, 2.05) is 72.0 Å². The molecular formula is C37H21N3OS. The zero-order valence-electron chi connectivity index (χ0n) is 22.3. The zero-order chi connectivity index (χ0) is 27.6. The van der Waals surface area contributed by atoms with Gasteiger partial charge in [0.25, 0.3) is 0 Å². The van der Waals surface area contributed by atoms with Gasteiger partial charge in [-0.1, -0.05) is 84.9 Å². The van der Waals surface area contributed by atoms with Crippen molar-refractivity contribution < 1.29 is 4.42 Å². The molecule has 196 valence electrons. The summed E-state index contributed by atoms with van der Waals surface area (Å²) in [5.41, 5.74) is 4.56. The molecular weight excluding hydrogens is 534 g/mol. The number of furan rings is 1. The molecule has 0 atom stereocenters. The Balaban J connectivity index is 1.24. The maximum absolute atomic E-state index is 6.07. The number of rotatable bonds is 3. The van der Waals surface area contributed by atoms with E-state index in [1.165, 1.54) is 30.9 Å². The maximum atomic E-state index is 6.07. The van der Waals surface area contributed by atoms with Gasteiger partial charge in [-0.15, -0.1) is 11.3 Å². The molecule has 0 aliphatic heterocycles. The van der Waals surface area contributed by atoms with Crippen LogP contribution in [-0.4, -0.2) is 15.0 Å². The summed E-state index contributed by atoms with van der Waals surface area (Å²) >= 11 is 1.81. The van der Waals surface area contributed by atoms with Crippen molar-refractivity contribution in [3.05, 3.63) is 127 Å². The molecule has 0 aliphatic rings. The van der Waals surface area contributed by atoms with Crippen molar-refractivity contribution in [3.63, 3.8) is 0 Å². The summed E-state index contributed by atoms with van der Waals surface area (Å²) in [6.07, 6.45) is 0. The van der Waals surface area contributed by atoms with Crippen molar-refractivity contribution in [2.45, 2.75) is 0 Å². The van der Waals surface area contributed by atoms with Gasteiger partial charge in [0.2, 0.25) is 0 Å². The predicted octanol–water partition coefficient (Wildman–Crippen LogP) is 10.3. The highest BCUT2D eigenvalue weighted by Gasteiger charge is 2.16. The summed E-state index contributed by atoms with van der Waals surface area (Å²) in [5.74, 6) is 1.93. The highest BCUT2D eigenvalue weighted by Crippen LogP contribution is 2.39. The Bertz CT molecular complexity index is 2480. The van der Waals surface area contributed by atoms with Gasteiger partial charge in [0, 0.05) is 47.6 Å². The van der Waals surface area contributed by atoms with Crippen LogP contribution in [0.2, 0.25) is 0 Å². The third kappa shape index (κ3) is 3.71. The number of thiophene rings is 1. The predicted molar refractivity (Wildman–Crippen MR) is 174 cm³/mol. The smallest absolute Gasteiger partial charge is 0.164 e. The van der Waals surface area contributed by atoms with E-state index in [2.05, 4.69) is 66.7 Å². The fraction of sp³-hybridized carbons (Fsp3) is 0. The topological polar surface area (TPSA) is 51.8 Å². The molecule has 0 aliphatic carbocycles. The maximum Gasteiger partial charge on any atom is 0.164 e. The van der Waals surface area contributed by atoms with Crippen LogP contribution in [0.15, 0.2) is 132 Å². The third-order valence-electron chi connectivity index (χ3n) is 7.90. The molecule has 4 nitrogen and oxygen atoms in total. The Kier molecular flexibility index (Phi) is 5.03. The number of fused-ring (bicyclic) bond motifs is 7. The van der Waals surface area contributed by atoms with Gasteiger partial charge in [-0.2, -0.15) is 0 Å². The number of nitrogens with zero attached hydrogens (tertiary/aromatic N) is 3. The quantitative estimate of drug-likeness (QED) is 0.218. The van der Waals surface area contributed by atoms with Crippen LogP contribution in [0.3, 0.4) is 0 Å². The van der Waals surface area contributed by atoms with Gasteiger partial charge >= 0.3 is 0 Å². The Morgan fingerprint density at radius 1 is 0.405 bits per heavy atom. The van der Waals surface area contributed by atoms with Crippen LogP contribution in [0.5, 0.6) is 0 Å². The van der Waals surface area contributed by atoms with Crippen LogP contribution in [0.25, 0.3) is 87.0 Å². The standard InChI is InChI=1S/C37H21N3OS/c1-2-8-22(9-3-1)35-38-36(25-15-17-32-29(19-25)27-12-6-7-13-31(27)41-32)40-37(39-35)26-14-16-28-30-18-23-10-4-5-11-24(23)20-34(30)42-33(28)21-26/h1-21H. The molecule has 0 radical (unpaired) electrons. The first-order valence-corrected chi connectivity index (χ1v) is 14.7. The summed E-state index contributed by atoms with van der Waals surface area (Å²) in [7, 11) is 0. The first-order valence-electron chi connectivity index (χ1n) is 13.9. The fourth-order valence-electron chi connectivity index (χ4n) is 5.82. The van der Waals surface area contributed by atoms with Gasteiger partial charge in [-0.05, 0) is 53.2 Å². The second kappa shape index (κ2) is 9.06. The first kappa shape index (κ1) is 23.3. The van der Waals surface area contributed by atoms with Crippen molar-refractivity contribution in [2.24, 2.45) is 0 Å². The van der Waals surface area contributed by atoms with Crippen LogP contribution < -0.4 is 0 Å². The minimum absolute atomic E-state index is 0.633. The number of para-hydroxylation sites is 1. The molecule has 0 bridgehead atoms. The number of hydrogen-bond acceptors (Lipinski definition) is 5. The van der Waals surface area contributed by atoms with E-state index in [0.717, 1.165) is 38.6 Å². The summed E-state index contributed by atoms with van der Waals surface area (Å²) < 4.78 is 8.56. The van der Waals surface area contributed by atoms with E-state index in [4.69, 9.17) is 19.4 Å². The van der Waals surface area contributed by atoms with Crippen molar-refractivity contribution in [1.82, 2.24) is 15.0 Å². The molecule has 0 saturated carbocycles. The first-order chi connectivity index (χ1) is 20.8. The molecule has 9 rings (SSSR count). The lowest BCUT2D eigenvalue weighted by atomic mass is 10.1. The molecule has 0 saturated heterocycles. The van der Waals surface area contributed by atoms with Crippen LogP contribution >= 0.6 is 11.3 Å². The third-order valence-corrected chi connectivity index (χ3v) is 9.02. The van der Waals surface area contributed by atoms with Crippen LogP contribution in [0.4, 0.5) is 0 Å². The molecule has 3 aromatic heterocycles. The van der Waals surface area contributed by atoms with Gasteiger partial charge in [0.05, 0.1) is 0 Å². The van der Waals surface area contributed by atoms with Crippen molar-refractivity contribution in [1.29, 1.82) is 0 Å². The van der Waals surface area contributed by atoms with Crippen LogP contribution in [-0.2, 0) is 0 Å². The lowest BCUT2D eigenvalue weighted by molar-refractivity contribution is 0.669. The van der Waals surface area contributed by atoms with E-state index in [1.54, 1.807) is 0 Å². The van der Waals surface area contributed by atoms with Crippen LogP contribution in [0.1, 0.15) is 0 Å². The summed E-state index contributed by atoms with van der Waals surface area (Å²) in [6.45, 7) is 0. The second-order valence-electron chi connectivity index (χ2n) is 10.5. The molecule has 0 spiro atoms. The highest BCUT2D eigenvalue weighted by molar-refractivity contribution is 7.25. The van der Waals surface area contributed by atoms with Crippen LogP contribution in [0, 0.1) is 0 Å². The molecule has 0 fully saturated rings. The summed E-state index contributed by atoms with van der Waals surface area (Å²) in [4.78, 5) is 14.9. The normalized spacial score (nSPS) is 11.8. The van der Waals surface area contributed by atoms with Gasteiger partial charge < -0.3 is 4.42 Å². The Morgan fingerprint density at radius 3 is 1.86 bits per heavy atom. The number of aromatic nitrogens is 3. The average Bonchev–Trinajstić information content (AvgIpc) is 3.60. The lowest BCUT2D eigenvalue weighted by Crippen LogP contribution is -2.00. The monoisotopic (exact) mass is 555 g/mol. The SMILES string of the molecule is c1ccc(-c2nc(-c3ccc4c(c3)sc3cc5ccccc5cc34)nc(-c3ccc4oc5ccccc5c4c3)n2)cc1. The van der Waals surface area contributed by atoms with Crippen molar-refractivity contribution in [2.75, 3.05) is 0 Å². The van der Waals surface area contributed by atoms with Crippen molar-refractivity contribution in [3.8, 4) is 34.2 Å². The Hall–Kier alpha value is -5.39. The van der Waals surface area contributed by atoms with Crippen molar-refractivity contribution >= 4 is 64.2 Å². The Morgan fingerprint density at radius 2 is 1.02 bits per heavy atom. The highest BCUT2D eigenvalue weighted by atomic mass is 32.1. The minimum Gasteiger partial charge on any atom is -0.456 e. The molecule has 6 aromatic carbocycles. The van der Waals surface area contributed by atoms with E-state index >= 15 is 0 Å². The molecule has 0 N–H and O–H groups in total. The molecule has 3 heterocycles. The van der Waals surface area contributed by atoms with E-state index < -0.39 is 0 Å². The lowest BCUT2D eigenvalue weighted by Gasteiger charge is -2.09. The summed E-state index contributed by atoms with van der Waals surface area (Å²) in [6, 6.07) is 44.0. The molecule has 0 unspecified atom stereocenters. The molecule has 0 amide bonds. The fourth-order valence-corrected chi connectivity index (χ4v) is 6.99. The van der Waals surface area contributed by atoms with E-state index in [9.17, 15) is 0 Å². The van der Waals surface area contributed by atoms with Gasteiger partial charge in [-0.25, -0.2) is 15.0 Å². The average molecular weight is 556 g/mol. The van der Waals surface area contributed by atoms with Gasteiger partial charge in [-0.3, -0.25) is 0 Å². The Labute approximate surface area is 244 Å². The number of benzene rings is 6. The number of hydrogen-bond donors (Lipinski definition) is 0. The molecule has 5 heteroatoms. The second-order valence-corrected chi connectivity index (χ2v) is 11.6. The largest absolute Gasteiger partial charge is 0.456 e. The molecule has 42 heavy (non-hydrogen) atoms. The van der Waals surface area contributed by atoms with E-state index in [-0.39, 0.29) is 0 Å². The summed E-state index contributed by atoms with van der Waals surface area (Å²) in [5, 5.41) is 7.17. The zero-order valence-corrected chi connectivity index (χ0v) is 23.1. The minimum atomic E-state index is 0.633. The molecule has 9 aromatic rings. The van der Waals surface area contributed by atoms with E-state index in [0.29, 0.717) is 17.5 Å². The van der Waals surface area contributed by atoms with Gasteiger partial charge in [0.1, 0.15) is 11.2 Å². The van der Waals surface area contributed by atoms with Gasteiger partial charge in [0.15, 0.2) is 17.5 Å².